The van der Waals surface area contributed by atoms with E-state index >= 15 is 0 Å². The summed E-state index contributed by atoms with van der Waals surface area (Å²) < 4.78 is 15.8. The number of aromatic hydroxyl groups is 8. The Labute approximate surface area is 534 Å². The van der Waals surface area contributed by atoms with E-state index in [2.05, 4.69) is 10.2 Å². The second-order valence-corrected chi connectivity index (χ2v) is 21.7. The van der Waals surface area contributed by atoms with Gasteiger partial charge in [-0.1, -0.05) is 0 Å². The number of phenolic OH excluding ortho intramolecular Hbond substituents is 8. The Morgan fingerprint density at radius 3 is 1.13 bits per heavy atom. The SMILES string of the molecule is COc1ccc(-n2nc(C(N)=O)c3c2C(=O)N(c2c(O)c(O)c(N4C(=O)CC(O)(O)C(O)(OCOc5ccc(-n6nc(C(N)=O)c7c6C(=O)N(c6c(O)c(O)c(N8C(=O)C(O)(O)C(O)(O)C(O)(O)C8(O)O)c(O)c6O)C(O)(O)C7(O)O)cc5)C4(O)O)c(O)c2O)C(O)(O)C3(O)O)cc1. The second kappa shape index (κ2) is 21.1. The van der Waals surface area contributed by atoms with Crippen LogP contribution in [0, 0.1) is 0 Å². The molecule has 1 unspecified atom stereocenters. The standard InChI is InChI=1S/C50H48N10O38/c1-96-14-6-2-12(3-7-14)59-21-17(19(53-59)35(51)70)41(77,78)47(88,89)56(37(21)72)24-29(64)27(62)23(28(63)30(24)65)55-16(61)10-40(75,76)46(87,50(55,94)95)98-11-97-15-8-4-13(5-9-15)60-22-18(20(54-60)36(52)71)42(79,80)48(90,91)57(38(22)73)25-31(66)33(68)26(34(69)32(25)67)58-39(74)43(81,82)44(83,84)45(85,86)49(58,92)93/h2-9,62-69,75-95H,10-11H2,1H3,(H2,51,70)(H2,52,71). The summed E-state index contributed by atoms with van der Waals surface area (Å²) in [7, 11) is 1.24. The first-order valence-corrected chi connectivity index (χ1v) is 26.2. The molecule has 48 heteroatoms. The van der Waals surface area contributed by atoms with Gasteiger partial charge in [0.05, 0.1) is 36.0 Å². The third-order valence-corrected chi connectivity index (χ3v) is 16.0. The van der Waals surface area contributed by atoms with E-state index in [-0.39, 0.29) is 16.1 Å². The summed E-state index contributed by atoms with van der Waals surface area (Å²) in [5, 5.41) is 327. The number of fused-ring (bicyclic) bond motifs is 2. The lowest BCUT2D eigenvalue weighted by molar-refractivity contribution is -0.505. The smallest absolute Gasteiger partial charge is 0.316 e. The van der Waals surface area contributed by atoms with E-state index in [1.54, 1.807) is 0 Å². The molecular weight excluding hydrogens is 1350 g/mol. The molecule has 4 aromatic carbocycles. The van der Waals surface area contributed by atoms with E-state index in [0.29, 0.717) is 4.68 Å². The first-order chi connectivity index (χ1) is 44.7. The highest BCUT2D eigenvalue weighted by atomic mass is 16.8. The van der Waals surface area contributed by atoms with Crippen LogP contribution in [0.25, 0.3) is 11.4 Å². The highest BCUT2D eigenvalue weighted by Crippen LogP contribution is 2.63. The van der Waals surface area contributed by atoms with Gasteiger partial charge in [-0.3, -0.25) is 28.8 Å². The maximum absolute atomic E-state index is 14.6. The van der Waals surface area contributed by atoms with Crippen molar-refractivity contribution >= 4 is 58.2 Å². The fourth-order valence-corrected chi connectivity index (χ4v) is 10.9. The quantitative estimate of drug-likeness (QED) is 0.0290. The summed E-state index contributed by atoms with van der Waals surface area (Å²) in [5.74, 6) is -84.6. The number of carbonyl (C=O) groups excluding carboxylic acids is 6. The van der Waals surface area contributed by atoms with Crippen LogP contribution in [0.3, 0.4) is 0 Å². The van der Waals surface area contributed by atoms with Crippen LogP contribution in [0.1, 0.15) is 59.5 Å². The Balaban J connectivity index is 0.969. The van der Waals surface area contributed by atoms with Crippen molar-refractivity contribution in [2.45, 2.75) is 70.6 Å². The van der Waals surface area contributed by atoms with Crippen molar-refractivity contribution in [2.75, 3.05) is 33.5 Å². The van der Waals surface area contributed by atoms with Crippen LogP contribution in [-0.4, -0.2) is 270 Å². The van der Waals surface area contributed by atoms with Crippen molar-refractivity contribution in [1.82, 2.24) is 19.6 Å². The van der Waals surface area contributed by atoms with Crippen molar-refractivity contribution in [1.29, 1.82) is 0 Å². The first kappa shape index (κ1) is 70.1. The number of anilines is 4. The van der Waals surface area contributed by atoms with E-state index < -0.39 is 246 Å². The van der Waals surface area contributed by atoms with E-state index in [9.17, 15) is 177 Å². The summed E-state index contributed by atoms with van der Waals surface area (Å²) in [6, 6.07) is 7.65. The Bertz CT molecular complexity index is 4420. The number of aliphatic hydroxyl groups is 21. The van der Waals surface area contributed by atoms with E-state index in [1.807, 2.05) is 0 Å². The third kappa shape index (κ3) is 8.66. The van der Waals surface area contributed by atoms with Crippen molar-refractivity contribution in [3.63, 3.8) is 0 Å². The number of nitrogens with zero attached hydrogens (tertiary/aromatic N) is 8. The molecule has 2 aromatic heterocycles. The number of phenols is 8. The average molecular weight is 1400 g/mol. The van der Waals surface area contributed by atoms with Crippen LogP contribution in [0.4, 0.5) is 22.7 Å². The van der Waals surface area contributed by atoms with Crippen molar-refractivity contribution in [2.24, 2.45) is 11.5 Å². The van der Waals surface area contributed by atoms with Gasteiger partial charge in [0.15, 0.2) is 64.2 Å². The molecule has 6 heterocycles. The molecule has 33 N–H and O–H groups in total. The van der Waals surface area contributed by atoms with Crippen LogP contribution in [0.2, 0.25) is 0 Å². The third-order valence-electron chi connectivity index (χ3n) is 16.0. The number of hydrogen-bond donors (Lipinski definition) is 31. The molecule has 98 heavy (non-hydrogen) atoms. The molecule has 4 aliphatic heterocycles. The molecule has 1 atom stereocenters. The largest absolute Gasteiger partial charge is 0.503 e. The molecule has 0 aliphatic carbocycles. The molecule has 2 saturated heterocycles. The molecule has 4 aliphatic rings. The van der Waals surface area contributed by atoms with Crippen molar-refractivity contribution in [3.8, 4) is 68.9 Å². The number of carbonyl (C=O) groups is 6. The van der Waals surface area contributed by atoms with Gasteiger partial charge in [-0.25, -0.2) is 29.0 Å². The summed E-state index contributed by atoms with van der Waals surface area (Å²) in [4.78, 5) is 77.3. The lowest BCUT2D eigenvalue weighted by Crippen LogP contribution is -2.88. The van der Waals surface area contributed by atoms with Crippen molar-refractivity contribution < 1.29 is 191 Å². The number of benzene rings is 4. The predicted molar refractivity (Wildman–Crippen MR) is 291 cm³/mol. The van der Waals surface area contributed by atoms with Gasteiger partial charge in [0.2, 0.25) is 11.7 Å². The van der Waals surface area contributed by atoms with Crippen LogP contribution in [0.15, 0.2) is 48.5 Å². The number of amides is 6. The summed E-state index contributed by atoms with van der Waals surface area (Å²) in [6.45, 7) is -1.73. The van der Waals surface area contributed by atoms with Gasteiger partial charge < -0.3 is 174 Å². The van der Waals surface area contributed by atoms with Crippen LogP contribution in [-0.2, 0) is 25.9 Å². The number of methoxy groups -OCH3 is 1. The topological polar surface area (TPSA) is 817 Å². The zero-order valence-electron chi connectivity index (χ0n) is 47.9. The van der Waals surface area contributed by atoms with Gasteiger partial charge in [-0.05, 0) is 48.5 Å². The van der Waals surface area contributed by atoms with Gasteiger partial charge in [0.25, 0.3) is 46.9 Å². The number of aromatic nitrogens is 4. The summed E-state index contributed by atoms with van der Waals surface area (Å²) >= 11 is 0. The van der Waals surface area contributed by atoms with Crippen LogP contribution < -0.4 is 40.5 Å². The average Bonchev–Trinajstić information content (AvgIpc) is 1.35. The normalized spacial score (nSPS) is 21.9. The zero-order valence-corrected chi connectivity index (χ0v) is 47.9. The Morgan fingerprint density at radius 2 is 0.786 bits per heavy atom. The van der Waals surface area contributed by atoms with Crippen molar-refractivity contribution in [3.05, 3.63) is 82.4 Å². The fraction of sp³-hybridized carbons (Fsp3) is 0.280. The molecule has 2 fully saturated rings. The van der Waals surface area contributed by atoms with Gasteiger partial charge in [0.1, 0.15) is 45.6 Å². The highest BCUT2D eigenvalue weighted by molar-refractivity contribution is 6.15. The van der Waals surface area contributed by atoms with E-state index in [0.717, 1.165) is 36.4 Å². The molecule has 6 amide bonds. The minimum absolute atomic E-state index is 0.166. The number of piperidine rings is 2. The van der Waals surface area contributed by atoms with Gasteiger partial charge >= 0.3 is 41.0 Å². The molecule has 0 bridgehead atoms. The number of hydrogen-bond acceptors (Lipinski definition) is 40. The highest BCUT2D eigenvalue weighted by Gasteiger charge is 2.82. The molecule has 526 valence electrons. The van der Waals surface area contributed by atoms with Gasteiger partial charge in [-0.15, -0.1) is 0 Å². The Morgan fingerprint density at radius 1 is 0.449 bits per heavy atom. The number of rotatable bonds is 13. The molecule has 48 nitrogen and oxygen atoms in total. The number of nitrogens with two attached hydrogens (primary N) is 2. The fourth-order valence-electron chi connectivity index (χ4n) is 10.9. The van der Waals surface area contributed by atoms with Crippen LogP contribution >= 0.6 is 0 Å². The second-order valence-electron chi connectivity index (χ2n) is 21.7. The Kier molecular flexibility index (Phi) is 15.1. The number of ether oxygens (including phenoxy) is 3. The molecule has 0 radical (unpaired) electrons. The van der Waals surface area contributed by atoms with E-state index in [4.69, 9.17) is 25.7 Å². The monoisotopic (exact) mass is 1400 g/mol. The predicted octanol–water partition coefficient (Wildman–Crippen LogP) is -13.4. The van der Waals surface area contributed by atoms with Crippen LogP contribution in [0.5, 0.6) is 57.5 Å². The summed E-state index contributed by atoms with van der Waals surface area (Å²) in [6.07, 6.45) is -2.04. The van der Waals surface area contributed by atoms with Gasteiger partial charge in [-0.2, -0.15) is 10.2 Å². The maximum atomic E-state index is 14.6. The van der Waals surface area contributed by atoms with E-state index in [1.165, 1.54) is 19.2 Å². The maximum Gasteiger partial charge on any atom is 0.316 e. The minimum atomic E-state index is -5.24. The van der Waals surface area contributed by atoms with Gasteiger partial charge in [0, 0.05) is 0 Å². The lowest BCUT2D eigenvalue weighted by Gasteiger charge is -2.55. The molecule has 10 rings (SSSR count). The molecule has 6 aromatic rings. The zero-order chi connectivity index (χ0) is 73.7. The molecule has 0 saturated carbocycles. The lowest BCUT2D eigenvalue weighted by atomic mass is 9.85. The summed E-state index contributed by atoms with van der Waals surface area (Å²) in [5.41, 5.74) is -7.20. The molecular formula is C50H48N10O38. The number of primary amides is 2. The first-order valence-electron chi connectivity index (χ1n) is 26.2. The Hall–Kier alpha value is -10.8. The minimum Gasteiger partial charge on any atom is -0.503 e. The molecule has 0 spiro atoms.